The number of thioether (sulfide) groups is 1. The largest absolute Gasteiger partial charge is 0.507 e. The highest BCUT2D eigenvalue weighted by atomic mass is 32.2. The van der Waals surface area contributed by atoms with Crippen LogP contribution in [0.2, 0.25) is 0 Å². The van der Waals surface area contributed by atoms with Gasteiger partial charge in [0.05, 0.1) is 10.8 Å². The van der Waals surface area contributed by atoms with Crippen molar-refractivity contribution in [2.24, 2.45) is 0 Å². The lowest BCUT2D eigenvalue weighted by Crippen LogP contribution is -2.22. The van der Waals surface area contributed by atoms with E-state index in [9.17, 15) is 9.90 Å². The molecule has 3 aromatic rings. The standard InChI is InChI=1S/C19H20N4O2S/c1-11-8-9-14(10-12(11)2)20-18(25)13(3)26-19-21-17(22-23-19)15-6-4-5-7-16(15)24/h4-10,13,24H,1-3H3,(H,20,25)(H,21,22,23)/t13-/m1/s1. The number of H-pyrrole nitrogens is 1. The summed E-state index contributed by atoms with van der Waals surface area (Å²) in [6.45, 7) is 5.85. The second-order valence-corrected chi connectivity index (χ2v) is 7.34. The molecule has 0 aliphatic carbocycles. The molecule has 0 radical (unpaired) electrons. The third-order valence-electron chi connectivity index (χ3n) is 4.05. The molecule has 1 atom stereocenters. The third-order valence-corrected chi connectivity index (χ3v) is 5.01. The molecule has 6 nitrogen and oxygen atoms in total. The number of carbonyl (C=O) groups is 1. The van der Waals surface area contributed by atoms with E-state index in [-0.39, 0.29) is 16.9 Å². The molecule has 1 amide bonds. The number of aromatic nitrogens is 3. The van der Waals surface area contributed by atoms with Crippen LogP contribution in [0.3, 0.4) is 0 Å². The Hall–Kier alpha value is -2.80. The summed E-state index contributed by atoms with van der Waals surface area (Å²) in [5.74, 6) is 0.472. The smallest absolute Gasteiger partial charge is 0.237 e. The summed E-state index contributed by atoms with van der Waals surface area (Å²) in [6, 6.07) is 12.7. The first-order valence-electron chi connectivity index (χ1n) is 8.19. The maximum atomic E-state index is 12.4. The lowest BCUT2D eigenvalue weighted by molar-refractivity contribution is -0.115. The maximum absolute atomic E-state index is 12.4. The van der Waals surface area contributed by atoms with Crippen molar-refractivity contribution in [2.75, 3.05) is 5.32 Å². The zero-order chi connectivity index (χ0) is 18.7. The van der Waals surface area contributed by atoms with Crippen LogP contribution < -0.4 is 5.32 Å². The summed E-state index contributed by atoms with van der Waals surface area (Å²) < 4.78 is 0. The molecule has 0 aliphatic rings. The molecular weight excluding hydrogens is 348 g/mol. The molecule has 2 aromatic carbocycles. The minimum absolute atomic E-state index is 0.118. The number of para-hydroxylation sites is 1. The second-order valence-electron chi connectivity index (χ2n) is 6.03. The van der Waals surface area contributed by atoms with Gasteiger partial charge in [0, 0.05) is 5.69 Å². The zero-order valence-corrected chi connectivity index (χ0v) is 15.6. The number of nitrogens with zero attached hydrogens (tertiary/aromatic N) is 2. The fraction of sp³-hybridized carbons (Fsp3) is 0.211. The number of aromatic amines is 1. The van der Waals surface area contributed by atoms with Gasteiger partial charge in [0.15, 0.2) is 5.82 Å². The Labute approximate surface area is 156 Å². The van der Waals surface area contributed by atoms with E-state index >= 15 is 0 Å². The van der Waals surface area contributed by atoms with Crippen molar-refractivity contribution in [3.63, 3.8) is 0 Å². The van der Waals surface area contributed by atoms with Crippen molar-refractivity contribution in [3.8, 4) is 17.1 Å². The van der Waals surface area contributed by atoms with Gasteiger partial charge in [-0.3, -0.25) is 9.89 Å². The minimum Gasteiger partial charge on any atom is -0.507 e. The van der Waals surface area contributed by atoms with Gasteiger partial charge in [0.2, 0.25) is 11.1 Å². The zero-order valence-electron chi connectivity index (χ0n) is 14.8. The van der Waals surface area contributed by atoms with Gasteiger partial charge in [-0.1, -0.05) is 30.0 Å². The number of carbonyl (C=O) groups excluding carboxylic acids is 1. The topological polar surface area (TPSA) is 90.9 Å². The molecule has 7 heteroatoms. The quantitative estimate of drug-likeness (QED) is 0.594. The number of aryl methyl sites for hydroxylation is 2. The molecule has 0 saturated carbocycles. The molecule has 1 aromatic heterocycles. The highest BCUT2D eigenvalue weighted by molar-refractivity contribution is 8.00. The van der Waals surface area contributed by atoms with E-state index in [1.54, 1.807) is 25.1 Å². The van der Waals surface area contributed by atoms with Crippen LogP contribution in [-0.4, -0.2) is 31.4 Å². The van der Waals surface area contributed by atoms with Crippen LogP contribution in [0.5, 0.6) is 5.75 Å². The number of hydrogen-bond donors (Lipinski definition) is 3. The number of phenolic OH excluding ortho intramolecular Hbond substituents is 1. The summed E-state index contributed by atoms with van der Waals surface area (Å²) in [6.07, 6.45) is 0. The van der Waals surface area contributed by atoms with Gasteiger partial charge in [-0.15, -0.1) is 5.10 Å². The van der Waals surface area contributed by atoms with Crippen LogP contribution in [0.1, 0.15) is 18.1 Å². The second kappa shape index (κ2) is 7.61. The molecule has 0 saturated heterocycles. The number of aromatic hydroxyl groups is 1. The van der Waals surface area contributed by atoms with E-state index in [1.165, 1.54) is 17.3 Å². The van der Waals surface area contributed by atoms with E-state index in [2.05, 4.69) is 20.5 Å². The molecule has 3 rings (SSSR count). The number of rotatable bonds is 5. The minimum atomic E-state index is -0.371. The predicted molar refractivity (Wildman–Crippen MR) is 103 cm³/mol. The first-order chi connectivity index (χ1) is 12.4. The van der Waals surface area contributed by atoms with E-state index in [1.807, 2.05) is 38.1 Å². The van der Waals surface area contributed by atoms with Gasteiger partial charge < -0.3 is 10.4 Å². The van der Waals surface area contributed by atoms with E-state index in [4.69, 9.17) is 0 Å². The Morgan fingerprint density at radius 1 is 1.19 bits per heavy atom. The highest BCUT2D eigenvalue weighted by Gasteiger charge is 2.18. The van der Waals surface area contributed by atoms with Crippen molar-refractivity contribution in [3.05, 3.63) is 53.6 Å². The SMILES string of the molecule is Cc1ccc(NC(=O)[C@@H](C)Sc2n[nH]c(-c3ccccc3O)n2)cc1C. The Balaban J connectivity index is 1.66. The molecule has 0 bridgehead atoms. The van der Waals surface area contributed by atoms with E-state index < -0.39 is 0 Å². The molecule has 0 fully saturated rings. The van der Waals surface area contributed by atoms with Crippen molar-refractivity contribution in [1.82, 2.24) is 15.2 Å². The number of nitrogens with one attached hydrogen (secondary N) is 2. The fourth-order valence-corrected chi connectivity index (χ4v) is 3.09. The fourth-order valence-electron chi connectivity index (χ4n) is 2.37. The van der Waals surface area contributed by atoms with Gasteiger partial charge in [-0.25, -0.2) is 4.98 Å². The molecule has 3 N–H and O–H groups in total. The van der Waals surface area contributed by atoms with E-state index in [0.717, 1.165) is 11.3 Å². The summed E-state index contributed by atoms with van der Waals surface area (Å²) in [5.41, 5.74) is 3.65. The molecule has 0 spiro atoms. The molecule has 0 aliphatic heterocycles. The van der Waals surface area contributed by atoms with Crippen LogP contribution in [0.25, 0.3) is 11.4 Å². The molecule has 134 valence electrons. The van der Waals surface area contributed by atoms with Gasteiger partial charge in [-0.05, 0) is 56.2 Å². The lowest BCUT2D eigenvalue weighted by atomic mass is 10.1. The monoisotopic (exact) mass is 368 g/mol. The number of amides is 1. The average molecular weight is 368 g/mol. The Bertz CT molecular complexity index is 939. The number of phenols is 1. The Kier molecular flexibility index (Phi) is 5.27. The summed E-state index contributed by atoms with van der Waals surface area (Å²) >= 11 is 1.25. The highest BCUT2D eigenvalue weighted by Crippen LogP contribution is 2.28. The van der Waals surface area contributed by atoms with Crippen molar-refractivity contribution in [2.45, 2.75) is 31.2 Å². The summed E-state index contributed by atoms with van der Waals surface area (Å²) in [5, 5.41) is 19.8. The number of hydrogen-bond acceptors (Lipinski definition) is 5. The summed E-state index contributed by atoms with van der Waals surface area (Å²) in [7, 11) is 0. The lowest BCUT2D eigenvalue weighted by Gasteiger charge is -2.11. The molecule has 1 heterocycles. The van der Waals surface area contributed by atoms with E-state index in [0.29, 0.717) is 16.5 Å². The first-order valence-corrected chi connectivity index (χ1v) is 9.07. The van der Waals surface area contributed by atoms with Gasteiger partial charge >= 0.3 is 0 Å². The van der Waals surface area contributed by atoms with Gasteiger partial charge in [0.1, 0.15) is 5.75 Å². The number of benzene rings is 2. The van der Waals surface area contributed by atoms with Crippen molar-refractivity contribution >= 4 is 23.4 Å². The third kappa shape index (κ3) is 4.05. The normalized spacial score (nSPS) is 12.0. The molecule has 26 heavy (non-hydrogen) atoms. The number of anilines is 1. The van der Waals surface area contributed by atoms with Crippen molar-refractivity contribution < 1.29 is 9.90 Å². The van der Waals surface area contributed by atoms with Crippen LogP contribution in [-0.2, 0) is 4.79 Å². The summed E-state index contributed by atoms with van der Waals surface area (Å²) in [4.78, 5) is 16.8. The van der Waals surface area contributed by atoms with Crippen LogP contribution in [0, 0.1) is 13.8 Å². The van der Waals surface area contributed by atoms with Crippen LogP contribution in [0.15, 0.2) is 47.6 Å². The molecule has 0 unspecified atom stereocenters. The van der Waals surface area contributed by atoms with Gasteiger partial charge in [0.25, 0.3) is 0 Å². The predicted octanol–water partition coefficient (Wildman–Crippen LogP) is 3.91. The van der Waals surface area contributed by atoms with Crippen LogP contribution >= 0.6 is 11.8 Å². The molecular formula is C19H20N4O2S. The van der Waals surface area contributed by atoms with Crippen molar-refractivity contribution in [1.29, 1.82) is 0 Å². The van der Waals surface area contributed by atoms with Crippen LogP contribution in [0.4, 0.5) is 5.69 Å². The Morgan fingerprint density at radius 3 is 2.69 bits per heavy atom. The Morgan fingerprint density at radius 2 is 1.96 bits per heavy atom. The average Bonchev–Trinajstić information content (AvgIpc) is 3.06. The first kappa shape index (κ1) is 18.0. The van der Waals surface area contributed by atoms with Gasteiger partial charge in [-0.2, -0.15) is 0 Å². The maximum Gasteiger partial charge on any atom is 0.237 e.